The Hall–Kier alpha value is -1.94. The molecule has 2 N–H and O–H groups in total. The van der Waals surface area contributed by atoms with E-state index in [2.05, 4.69) is 4.98 Å². The summed E-state index contributed by atoms with van der Waals surface area (Å²) in [4.78, 5) is 4.22. The summed E-state index contributed by atoms with van der Waals surface area (Å²) in [5.74, 6) is 0.330. The molecule has 2 aromatic rings. The predicted octanol–water partition coefficient (Wildman–Crippen LogP) is 2.86. The summed E-state index contributed by atoms with van der Waals surface area (Å²) in [6.07, 6.45) is 2.46. The lowest BCUT2D eigenvalue weighted by molar-refractivity contribution is 0.315. The molecule has 0 unspecified atom stereocenters. The first-order valence-electron chi connectivity index (χ1n) is 6.24. The highest BCUT2D eigenvalue weighted by molar-refractivity contribution is 5.36. The number of hydrogen-bond acceptors (Lipinski definition) is 3. The highest BCUT2D eigenvalue weighted by Crippen LogP contribution is 2.24. The molecule has 0 aliphatic heterocycles. The third-order valence-corrected chi connectivity index (χ3v) is 2.80. The molecule has 100 valence electrons. The lowest BCUT2D eigenvalue weighted by Crippen LogP contribution is -2.10. The van der Waals surface area contributed by atoms with Gasteiger partial charge in [-0.1, -0.05) is 6.07 Å². The van der Waals surface area contributed by atoms with Crippen LogP contribution in [0.5, 0.6) is 5.75 Å². The molecule has 1 atom stereocenters. The molecule has 0 radical (unpaired) electrons. The first-order chi connectivity index (χ1) is 9.16. The first-order valence-corrected chi connectivity index (χ1v) is 6.24. The summed E-state index contributed by atoms with van der Waals surface area (Å²) in [5.41, 5.74) is 7.45. The number of benzene rings is 1. The van der Waals surface area contributed by atoms with Crippen LogP contribution in [0.4, 0.5) is 4.39 Å². The average Bonchev–Trinajstić information content (AvgIpc) is 2.41. The number of nitrogens with zero attached hydrogens (tertiary/aromatic N) is 1. The Morgan fingerprint density at radius 2 is 2.16 bits per heavy atom. The number of pyridine rings is 1. The van der Waals surface area contributed by atoms with E-state index in [1.165, 1.54) is 12.1 Å². The molecule has 4 heteroatoms. The van der Waals surface area contributed by atoms with Gasteiger partial charge in [0.15, 0.2) is 0 Å². The molecule has 1 heterocycles. The highest BCUT2D eigenvalue weighted by Gasteiger charge is 2.09. The van der Waals surface area contributed by atoms with Gasteiger partial charge < -0.3 is 10.5 Å². The van der Waals surface area contributed by atoms with E-state index in [0.717, 1.165) is 5.69 Å². The SMILES string of the molecule is C[C@H](N)c1cc(F)ccc1OCCc1ccccn1. The molecule has 0 fully saturated rings. The monoisotopic (exact) mass is 260 g/mol. The summed E-state index contributed by atoms with van der Waals surface area (Å²) in [7, 11) is 0. The topological polar surface area (TPSA) is 48.1 Å². The van der Waals surface area contributed by atoms with Crippen molar-refractivity contribution in [1.29, 1.82) is 0 Å². The van der Waals surface area contributed by atoms with Gasteiger partial charge in [-0.15, -0.1) is 0 Å². The van der Waals surface area contributed by atoms with Crippen molar-refractivity contribution < 1.29 is 9.13 Å². The smallest absolute Gasteiger partial charge is 0.124 e. The summed E-state index contributed by atoms with van der Waals surface area (Å²) < 4.78 is 18.8. The molecule has 19 heavy (non-hydrogen) atoms. The van der Waals surface area contributed by atoms with E-state index < -0.39 is 0 Å². The maximum atomic E-state index is 13.2. The van der Waals surface area contributed by atoms with Gasteiger partial charge in [0, 0.05) is 29.9 Å². The van der Waals surface area contributed by atoms with E-state index in [4.69, 9.17) is 10.5 Å². The Morgan fingerprint density at radius 3 is 2.84 bits per heavy atom. The van der Waals surface area contributed by atoms with Crippen molar-refractivity contribution in [1.82, 2.24) is 4.98 Å². The van der Waals surface area contributed by atoms with Gasteiger partial charge >= 0.3 is 0 Å². The standard InChI is InChI=1S/C15H17FN2O/c1-11(17)14-10-12(16)5-6-15(14)19-9-7-13-4-2-3-8-18-13/h2-6,8,10-11H,7,9,17H2,1H3/t11-/m0/s1. The molecule has 1 aromatic carbocycles. The summed E-state index contributed by atoms with van der Waals surface area (Å²) >= 11 is 0. The molecule has 0 aliphatic rings. The molecular formula is C15H17FN2O. The van der Waals surface area contributed by atoms with Gasteiger partial charge in [0.2, 0.25) is 0 Å². The number of rotatable bonds is 5. The van der Waals surface area contributed by atoms with Crippen molar-refractivity contribution in [2.75, 3.05) is 6.61 Å². The molecule has 1 aromatic heterocycles. The summed E-state index contributed by atoms with van der Waals surface area (Å²) in [5, 5.41) is 0. The van der Waals surface area contributed by atoms with Crippen LogP contribution in [0.25, 0.3) is 0 Å². The molecule has 0 saturated carbocycles. The Balaban J connectivity index is 2.00. The lowest BCUT2D eigenvalue weighted by atomic mass is 10.1. The zero-order chi connectivity index (χ0) is 13.7. The van der Waals surface area contributed by atoms with Crippen LogP contribution in [0.1, 0.15) is 24.2 Å². The van der Waals surface area contributed by atoms with Crippen molar-refractivity contribution in [2.24, 2.45) is 5.73 Å². The van der Waals surface area contributed by atoms with E-state index >= 15 is 0 Å². The second-order valence-corrected chi connectivity index (χ2v) is 4.39. The van der Waals surface area contributed by atoms with Crippen LogP contribution in [-0.4, -0.2) is 11.6 Å². The Morgan fingerprint density at radius 1 is 1.32 bits per heavy atom. The fraction of sp³-hybridized carbons (Fsp3) is 0.267. The van der Waals surface area contributed by atoms with Crippen molar-refractivity contribution >= 4 is 0 Å². The van der Waals surface area contributed by atoms with Gasteiger partial charge in [0.1, 0.15) is 11.6 Å². The molecular weight excluding hydrogens is 243 g/mol. The van der Waals surface area contributed by atoms with Crippen LogP contribution in [-0.2, 0) is 6.42 Å². The van der Waals surface area contributed by atoms with Gasteiger partial charge in [-0.05, 0) is 37.3 Å². The van der Waals surface area contributed by atoms with Gasteiger partial charge in [0.05, 0.1) is 6.61 Å². The summed E-state index contributed by atoms with van der Waals surface area (Å²) in [6, 6.07) is 9.91. The molecule has 2 rings (SSSR count). The Labute approximate surface area is 112 Å². The zero-order valence-electron chi connectivity index (χ0n) is 10.8. The van der Waals surface area contributed by atoms with E-state index in [1.54, 1.807) is 19.2 Å². The summed E-state index contributed by atoms with van der Waals surface area (Å²) in [6.45, 7) is 2.29. The molecule has 0 amide bonds. The average molecular weight is 260 g/mol. The second kappa shape index (κ2) is 6.29. The number of hydrogen-bond donors (Lipinski definition) is 1. The quantitative estimate of drug-likeness (QED) is 0.899. The maximum absolute atomic E-state index is 13.2. The lowest BCUT2D eigenvalue weighted by Gasteiger charge is -2.14. The molecule has 3 nitrogen and oxygen atoms in total. The third-order valence-electron chi connectivity index (χ3n) is 2.80. The minimum atomic E-state index is -0.302. The van der Waals surface area contributed by atoms with Crippen molar-refractivity contribution in [3.05, 3.63) is 59.7 Å². The largest absolute Gasteiger partial charge is 0.493 e. The molecule has 0 spiro atoms. The van der Waals surface area contributed by atoms with Gasteiger partial charge in [-0.3, -0.25) is 4.98 Å². The molecule has 0 saturated heterocycles. The minimum Gasteiger partial charge on any atom is -0.493 e. The van der Waals surface area contributed by atoms with Crippen LogP contribution >= 0.6 is 0 Å². The van der Waals surface area contributed by atoms with Crippen LogP contribution in [0.3, 0.4) is 0 Å². The Kier molecular flexibility index (Phi) is 4.47. The van der Waals surface area contributed by atoms with Gasteiger partial charge in [-0.2, -0.15) is 0 Å². The maximum Gasteiger partial charge on any atom is 0.124 e. The highest BCUT2D eigenvalue weighted by atomic mass is 19.1. The number of aromatic nitrogens is 1. The van der Waals surface area contributed by atoms with Gasteiger partial charge in [0.25, 0.3) is 0 Å². The third kappa shape index (κ3) is 3.76. The van der Waals surface area contributed by atoms with Crippen LogP contribution in [0.15, 0.2) is 42.6 Å². The van der Waals surface area contributed by atoms with Crippen LogP contribution in [0.2, 0.25) is 0 Å². The van der Waals surface area contributed by atoms with Crippen LogP contribution < -0.4 is 10.5 Å². The number of ether oxygens (including phenoxy) is 1. The fourth-order valence-electron chi connectivity index (χ4n) is 1.82. The van der Waals surface area contributed by atoms with Crippen LogP contribution in [0, 0.1) is 5.82 Å². The van der Waals surface area contributed by atoms with Crippen molar-refractivity contribution in [3.8, 4) is 5.75 Å². The zero-order valence-corrected chi connectivity index (χ0v) is 10.8. The van der Waals surface area contributed by atoms with E-state index in [-0.39, 0.29) is 11.9 Å². The first kappa shape index (κ1) is 13.5. The second-order valence-electron chi connectivity index (χ2n) is 4.39. The van der Waals surface area contributed by atoms with Crippen molar-refractivity contribution in [3.63, 3.8) is 0 Å². The van der Waals surface area contributed by atoms with E-state index in [0.29, 0.717) is 24.3 Å². The molecule has 0 aliphatic carbocycles. The van der Waals surface area contributed by atoms with Crippen molar-refractivity contribution in [2.45, 2.75) is 19.4 Å². The fourth-order valence-corrected chi connectivity index (χ4v) is 1.82. The Bertz CT molecular complexity index is 529. The van der Waals surface area contributed by atoms with E-state index in [1.807, 2.05) is 18.2 Å². The number of halogens is 1. The number of nitrogens with two attached hydrogens (primary N) is 1. The van der Waals surface area contributed by atoms with E-state index in [9.17, 15) is 4.39 Å². The predicted molar refractivity (Wildman–Crippen MR) is 72.4 cm³/mol. The normalized spacial score (nSPS) is 12.2. The minimum absolute atomic E-state index is 0.263. The molecule has 0 bridgehead atoms. The van der Waals surface area contributed by atoms with Gasteiger partial charge in [-0.25, -0.2) is 4.39 Å².